The number of rotatable bonds is 5. The maximum absolute atomic E-state index is 6.40. The highest BCUT2D eigenvalue weighted by Crippen LogP contribution is 2.32. The minimum absolute atomic E-state index is 0.202. The molecule has 3 nitrogen and oxygen atoms in total. The van der Waals surface area contributed by atoms with Gasteiger partial charge in [0.2, 0.25) is 0 Å². The Morgan fingerprint density at radius 3 is 2.84 bits per heavy atom. The van der Waals surface area contributed by atoms with Gasteiger partial charge in [-0.3, -0.25) is 4.90 Å². The second-order valence-corrected chi connectivity index (χ2v) is 6.68. The van der Waals surface area contributed by atoms with Gasteiger partial charge in [0, 0.05) is 28.9 Å². The molecule has 4 heteroatoms. The number of hydrogen-bond donors (Lipinski definition) is 1. The Bertz CT molecular complexity index is 393. The van der Waals surface area contributed by atoms with Crippen molar-refractivity contribution in [3.8, 4) is 0 Å². The maximum Gasteiger partial charge on any atom is 0.0700 e. The largest absolute Gasteiger partial charge is 0.376 e. The molecular weight excluding hydrogens is 256 g/mol. The van der Waals surface area contributed by atoms with Crippen LogP contribution in [0, 0.1) is 6.92 Å². The van der Waals surface area contributed by atoms with E-state index in [-0.39, 0.29) is 6.04 Å². The van der Waals surface area contributed by atoms with Crippen molar-refractivity contribution in [3.05, 3.63) is 21.9 Å². The van der Waals surface area contributed by atoms with Gasteiger partial charge in [0.05, 0.1) is 18.8 Å². The van der Waals surface area contributed by atoms with Crippen molar-refractivity contribution in [2.45, 2.75) is 51.8 Å². The molecule has 0 bridgehead atoms. The van der Waals surface area contributed by atoms with Crippen LogP contribution in [0.5, 0.6) is 0 Å². The maximum atomic E-state index is 6.40. The van der Waals surface area contributed by atoms with Gasteiger partial charge in [0.1, 0.15) is 0 Å². The van der Waals surface area contributed by atoms with Gasteiger partial charge in [-0.2, -0.15) is 0 Å². The van der Waals surface area contributed by atoms with E-state index >= 15 is 0 Å². The first-order chi connectivity index (χ1) is 9.15. The summed E-state index contributed by atoms with van der Waals surface area (Å²) in [5, 5.41) is 0. The fraction of sp³-hybridized carbons (Fsp3) is 0.733. The van der Waals surface area contributed by atoms with Crippen LogP contribution in [-0.4, -0.2) is 36.7 Å². The Balaban J connectivity index is 2.17. The van der Waals surface area contributed by atoms with E-state index in [1.54, 1.807) is 0 Å². The molecule has 2 heterocycles. The normalized spacial score (nSPS) is 24.3. The van der Waals surface area contributed by atoms with Crippen LogP contribution in [-0.2, 0) is 4.74 Å². The number of thiophene rings is 1. The zero-order valence-corrected chi connectivity index (χ0v) is 13.1. The van der Waals surface area contributed by atoms with Crippen LogP contribution in [0.25, 0.3) is 0 Å². The lowest BCUT2D eigenvalue weighted by molar-refractivity contribution is -0.0481. The molecule has 2 N–H and O–H groups in total. The SMILES string of the molecule is CCC1CN(C(c2ccc(C)s2)C(N)CC)CCO1. The summed E-state index contributed by atoms with van der Waals surface area (Å²) in [6.45, 7) is 9.36. The van der Waals surface area contributed by atoms with Crippen molar-refractivity contribution in [2.75, 3.05) is 19.7 Å². The van der Waals surface area contributed by atoms with Gasteiger partial charge in [0.15, 0.2) is 0 Å². The lowest BCUT2D eigenvalue weighted by Crippen LogP contribution is -2.48. The molecule has 1 aromatic heterocycles. The lowest BCUT2D eigenvalue weighted by atomic mass is 10.0. The second-order valence-electron chi connectivity index (χ2n) is 5.36. The summed E-state index contributed by atoms with van der Waals surface area (Å²) in [6, 6.07) is 5.00. The van der Waals surface area contributed by atoms with Crippen molar-refractivity contribution in [3.63, 3.8) is 0 Å². The summed E-state index contributed by atoms with van der Waals surface area (Å²) >= 11 is 1.88. The van der Waals surface area contributed by atoms with Crippen LogP contribution in [0.2, 0.25) is 0 Å². The van der Waals surface area contributed by atoms with Crippen LogP contribution in [0.3, 0.4) is 0 Å². The zero-order valence-electron chi connectivity index (χ0n) is 12.3. The highest BCUT2D eigenvalue weighted by molar-refractivity contribution is 7.12. The van der Waals surface area contributed by atoms with Crippen molar-refractivity contribution < 1.29 is 4.74 Å². The number of hydrogen-bond acceptors (Lipinski definition) is 4. The van der Waals surface area contributed by atoms with Crippen LogP contribution in [0.15, 0.2) is 12.1 Å². The van der Waals surface area contributed by atoms with Gasteiger partial charge >= 0.3 is 0 Å². The van der Waals surface area contributed by atoms with E-state index in [1.165, 1.54) is 9.75 Å². The number of morpholine rings is 1. The van der Waals surface area contributed by atoms with Crippen molar-refractivity contribution in [2.24, 2.45) is 5.73 Å². The first kappa shape index (κ1) is 15.0. The van der Waals surface area contributed by atoms with Gasteiger partial charge in [-0.15, -0.1) is 11.3 Å². The Hall–Kier alpha value is -0.420. The summed E-state index contributed by atoms with van der Waals surface area (Å²) in [5.41, 5.74) is 6.40. The molecule has 0 aromatic carbocycles. The molecule has 1 aliphatic heterocycles. The molecule has 1 aromatic rings. The Morgan fingerprint density at radius 2 is 2.26 bits per heavy atom. The van der Waals surface area contributed by atoms with Crippen molar-refractivity contribution in [1.29, 1.82) is 0 Å². The van der Waals surface area contributed by atoms with Crippen molar-refractivity contribution >= 4 is 11.3 Å². The predicted octanol–water partition coefficient (Wildman–Crippen LogP) is 2.95. The zero-order chi connectivity index (χ0) is 13.8. The van der Waals surface area contributed by atoms with Gasteiger partial charge < -0.3 is 10.5 Å². The van der Waals surface area contributed by atoms with Gasteiger partial charge in [-0.1, -0.05) is 13.8 Å². The minimum atomic E-state index is 0.202. The first-order valence-electron chi connectivity index (χ1n) is 7.33. The molecule has 0 saturated carbocycles. The van der Waals surface area contributed by atoms with Gasteiger partial charge in [-0.05, 0) is 31.9 Å². The van der Waals surface area contributed by atoms with E-state index in [0.29, 0.717) is 12.1 Å². The molecule has 1 fully saturated rings. The predicted molar refractivity (Wildman–Crippen MR) is 81.7 cm³/mol. The number of nitrogens with zero attached hydrogens (tertiary/aromatic N) is 1. The third kappa shape index (κ3) is 3.57. The first-order valence-corrected chi connectivity index (χ1v) is 8.14. The summed E-state index contributed by atoms with van der Waals surface area (Å²) < 4.78 is 5.78. The second kappa shape index (κ2) is 6.84. The lowest BCUT2D eigenvalue weighted by Gasteiger charge is -2.40. The minimum Gasteiger partial charge on any atom is -0.376 e. The molecule has 2 rings (SSSR count). The Kier molecular flexibility index (Phi) is 5.39. The molecule has 108 valence electrons. The van der Waals surface area contributed by atoms with E-state index in [0.717, 1.165) is 32.5 Å². The Morgan fingerprint density at radius 1 is 1.47 bits per heavy atom. The molecule has 0 aliphatic carbocycles. The highest BCUT2D eigenvalue weighted by Gasteiger charge is 2.30. The molecule has 3 unspecified atom stereocenters. The number of aryl methyl sites for hydroxylation is 1. The van der Waals surface area contributed by atoms with Crippen molar-refractivity contribution in [1.82, 2.24) is 4.90 Å². The fourth-order valence-corrected chi connectivity index (χ4v) is 3.83. The van der Waals surface area contributed by atoms with Gasteiger partial charge in [-0.25, -0.2) is 0 Å². The van der Waals surface area contributed by atoms with E-state index in [4.69, 9.17) is 10.5 Å². The molecule has 0 radical (unpaired) electrons. The fourth-order valence-electron chi connectivity index (χ4n) is 2.74. The molecule has 0 spiro atoms. The summed E-state index contributed by atoms with van der Waals surface area (Å²) in [5.74, 6) is 0. The quantitative estimate of drug-likeness (QED) is 0.902. The van der Waals surface area contributed by atoms with E-state index < -0.39 is 0 Å². The summed E-state index contributed by atoms with van der Waals surface area (Å²) in [7, 11) is 0. The van der Waals surface area contributed by atoms with E-state index in [9.17, 15) is 0 Å². The van der Waals surface area contributed by atoms with Crippen LogP contribution in [0.4, 0.5) is 0 Å². The van der Waals surface area contributed by atoms with Gasteiger partial charge in [0.25, 0.3) is 0 Å². The van der Waals surface area contributed by atoms with E-state index in [1.807, 2.05) is 11.3 Å². The number of ether oxygens (including phenoxy) is 1. The third-order valence-electron chi connectivity index (χ3n) is 3.95. The third-order valence-corrected chi connectivity index (χ3v) is 5.02. The molecule has 1 saturated heterocycles. The average molecular weight is 282 g/mol. The standard InChI is InChI=1S/C15H26N2OS/c1-4-12-10-17(8-9-18-12)15(13(16)5-2)14-7-6-11(3)19-14/h6-7,12-13,15H,4-5,8-10,16H2,1-3H3. The molecule has 3 atom stereocenters. The van der Waals surface area contributed by atoms with Crippen LogP contribution >= 0.6 is 11.3 Å². The van der Waals surface area contributed by atoms with Crippen LogP contribution < -0.4 is 5.73 Å². The molecule has 0 amide bonds. The monoisotopic (exact) mass is 282 g/mol. The summed E-state index contributed by atoms with van der Waals surface area (Å²) in [6.07, 6.45) is 2.45. The molecule has 19 heavy (non-hydrogen) atoms. The summed E-state index contributed by atoms with van der Waals surface area (Å²) in [4.78, 5) is 5.30. The molecular formula is C15H26N2OS. The Labute approximate surface area is 120 Å². The highest BCUT2D eigenvalue weighted by atomic mass is 32.1. The topological polar surface area (TPSA) is 38.5 Å². The molecule has 1 aliphatic rings. The average Bonchev–Trinajstić information content (AvgIpc) is 2.85. The smallest absolute Gasteiger partial charge is 0.0700 e. The van der Waals surface area contributed by atoms with Crippen LogP contribution in [0.1, 0.15) is 42.5 Å². The number of nitrogens with two attached hydrogens (primary N) is 1. The van der Waals surface area contributed by atoms with E-state index in [2.05, 4.69) is 37.8 Å².